The van der Waals surface area contributed by atoms with E-state index in [2.05, 4.69) is 30.5 Å². The standard InChI is InChI=1S/C19H14ClF3N8O.CH4O3S/c20-13-6-3-10(7-12(13)19(21,22)23)26-18-29-16(30-31-18)9-1-4-11(5-2-9)32-15-8-14(24)27-17(25)28-15;1-5(2,3)4/h1-8H,(H4,24,25,27,28)(H2,26,29,30,31);1H3,(H,2,3,4). The molecule has 0 spiro atoms. The summed E-state index contributed by atoms with van der Waals surface area (Å²) in [5, 5.41) is 9.01. The molecule has 0 bridgehead atoms. The van der Waals surface area contributed by atoms with E-state index in [1.807, 2.05) is 0 Å². The van der Waals surface area contributed by atoms with Crippen molar-refractivity contribution in [2.24, 2.45) is 0 Å². The fourth-order valence-corrected chi connectivity index (χ4v) is 2.94. The van der Waals surface area contributed by atoms with Crippen LogP contribution >= 0.6 is 11.6 Å². The van der Waals surface area contributed by atoms with Gasteiger partial charge in [0.15, 0.2) is 5.82 Å². The Bertz CT molecular complexity index is 1470. The van der Waals surface area contributed by atoms with Gasteiger partial charge in [-0.15, -0.1) is 5.10 Å². The van der Waals surface area contributed by atoms with Crippen LogP contribution in [0.15, 0.2) is 48.5 Å². The molecule has 0 aliphatic heterocycles. The maximum Gasteiger partial charge on any atom is 0.417 e. The SMILES string of the molecule is CS(=O)(=O)O.Nc1cc(Oc2ccc(-c3nc(Nc4ccc(Cl)c(C(F)(F)F)c4)n[nH]3)cc2)nc(N)n1. The number of rotatable bonds is 5. The summed E-state index contributed by atoms with van der Waals surface area (Å²) in [4.78, 5) is 11.9. The maximum absolute atomic E-state index is 13.0. The summed E-state index contributed by atoms with van der Waals surface area (Å²) in [6.45, 7) is 0. The van der Waals surface area contributed by atoms with Crippen LogP contribution in [-0.4, -0.2) is 44.4 Å². The van der Waals surface area contributed by atoms with Crippen LogP contribution in [0.1, 0.15) is 5.56 Å². The van der Waals surface area contributed by atoms with Crippen molar-refractivity contribution in [1.82, 2.24) is 25.1 Å². The third kappa shape index (κ3) is 8.48. The van der Waals surface area contributed by atoms with Crippen molar-refractivity contribution in [3.63, 3.8) is 0 Å². The number of benzene rings is 2. The van der Waals surface area contributed by atoms with Crippen molar-refractivity contribution in [3.8, 4) is 23.0 Å². The Morgan fingerprint density at radius 1 is 1.05 bits per heavy atom. The number of hydrogen-bond donors (Lipinski definition) is 5. The highest BCUT2D eigenvalue weighted by Gasteiger charge is 2.33. The quantitative estimate of drug-likeness (QED) is 0.221. The number of nitrogens with two attached hydrogens (primary N) is 2. The lowest BCUT2D eigenvalue weighted by molar-refractivity contribution is -0.137. The first-order valence-corrected chi connectivity index (χ1v) is 12.1. The van der Waals surface area contributed by atoms with Crippen LogP contribution in [0, 0.1) is 0 Å². The number of nitrogen functional groups attached to an aromatic ring is 2. The number of nitrogens with zero attached hydrogens (tertiary/aromatic N) is 4. The highest BCUT2D eigenvalue weighted by atomic mass is 35.5. The Hall–Kier alpha value is -4.15. The lowest BCUT2D eigenvalue weighted by Gasteiger charge is -2.10. The normalized spacial score (nSPS) is 11.4. The predicted octanol–water partition coefficient (Wildman–Crippen LogP) is 4.14. The topological polar surface area (TPSA) is 195 Å². The molecule has 0 atom stereocenters. The number of H-pyrrole nitrogens is 1. The largest absolute Gasteiger partial charge is 0.439 e. The van der Waals surface area contributed by atoms with E-state index < -0.39 is 26.9 Å². The minimum Gasteiger partial charge on any atom is -0.439 e. The van der Waals surface area contributed by atoms with E-state index in [9.17, 15) is 21.6 Å². The third-order valence-corrected chi connectivity index (χ3v) is 4.43. The van der Waals surface area contributed by atoms with Crippen LogP contribution in [0.4, 0.5) is 36.6 Å². The monoisotopic (exact) mass is 558 g/mol. The Labute approximate surface area is 212 Å². The van der Waals surface area contributed by atoms with Gasteiger partial charge in [-0.05, 0) is 42.5 Å². The molecule has 4 rings (SSSR count). The van der Waals surface area contributed by atoms with E-state index in [1.165, 1.54) is 12.1 Å². The zero-order valence-electron chi connectivity index (χ0n) is 18.7. The first-order valence-electron chi connectivity index (χ1n) is 9.84. The number of halogens is 4. The molecule has 0 radical (unpaired) electrons. The zero-order valence-corrected chi connectivity index (χ0v) is 20.2. The van der Waals surface area contributed by atoms with Gasteiger partial charge < -0.3 is 21.5 Å². The zero-order chi connectivity index (χ0) is 27.4. The van der Waals surface area contributed by atoms with Gasteiger partial charge in [-0.25, -0.2) is 0 Å². The molecule has 0 unspecified atom stereocenters. The molecule has 7 N–H and O–H groups in total. The number of aromatic amines is 1. The summed E-state index contributed by atoms with van der Waals surface area (Å²) >= 11 is 5.63. The van der Waals surface area contributed by atoms with Gasteiger partial charge in [0.2, 0.25) is 17.8 Å². The number of hydrogen-bond acceptors (Lipinski definition) is 10. The first-order chi connectivity index (χ1) is 17.2. The molecule has 0 saturated heterocycles. The van der Waals surface area contributed by atoms with Crippen molar-refractivity contribution in [1.29, 1.82) is 0 Å². The highest BCUT2D eigenvalue weighted by molar-refractivity contribution is 7.85. The van der Waals surface area contributed by atoms with Gasteiger partial charge in [-0.1, -0.05) is 11.6 Å². The van der Waals surface area contributed by atoms with Gasteiger partial charge in [0.25, 0.3) is 10.1 Å². The second-order valence-corrected chi connectivity index (χ2v) is 9.05. The average Bonchev–Trinajstić information content (AvgIpc) is 3.21. The molecule has 0 aliphatic rings. The molecule has 17 heteroatoms. The minimum absolute atomic E-state index is 0.0126. The summed E-state index contributed by atoms with van der Waals surface area (Å²) in [7, 11) is -3.67. The minimum atomic E-state index is -4.58. The van der Waals surface area contributed by atoms with Gasteiger partial charge in [-0.3, -0.25) is 9.65 Å². The Morgan fingerprint density at radius 2 is 1.70 bits per heavy atom. The highest BCUT2D eigenvalue weighted by Crippen LogP contribution is 2.36. The van der Waals surface area contributed by atoms with Crippen molar-refractivity contribution >= 4 is 45.1 Å². The lowest BCUT2D eigenvalue weighted by atomic mass is 10.2. The van der Waals surface area contributed by atoms with Crippen LogP contribution in [0.25, 0.3) is 11.4 Å². The number of aromatic nitrogens is 5. The Kier molecular flexibility index (Phi) is 8.05. The smallest absolute Gasteiger partial charge is 0.417 e. The summed E-state index contributed by atoms with van der Waals surface area (Å²) < 4.78 is 70.5. The number of alkyl halides is 3. The van der Waals surface area contributed by atoms with Crippen LogP contribution in [0.5, 0.6) is 11.6 Å². The van der Waals surface area contributed by atoms with Crippen LogP contribution in [0.2, 0.25) is 5.02 Å². The Balaban J connectivity index is 0.000000695. The van der Waals surface area contributed by atoms with Crippen LogP contribution in [-0.2, 0) is 16.3 Å². The average molecular weight is 559 g/mol. The number of ether oxygens (including phenoxy) is 1. The summed E-state index contributed by atoms with van der Waals surface area (Å²) in [5.41, 5.74) is 11.0. The van der Waals surface area contributed by atoms with Crippen molar-refractivity contribution in [2.45, 2.75) is 6.18 Å². The fraction of sp³-hybridized carbons (Fsp3) is 0.100. The van der Waals surface area contributed by atoms with Gasteiger partial charge in [0.05, 0.1) is 16.8 Å². The summed E-state index contributed by atoms with van der Waals surface area (Å²) in [6, 6.07) is 11.6. The van der Waals surface area contributed by atoms with E-state index in [0.29, 0.717) is 23.4 Å². The van der Waals surface area contributed by atoms with E-state index >= 15 is 0 Å². The molecule has 0 saturated carbocycles. The molecule has 0 amide bonds. The molecule has 2 aromatic heterocycles. The van der Waals surface area contributed by atoms with Crippen LogP contribution < -0.4 is 21.5 Å². The van der Waals surface area contributed by atoms with Crippen molar-refractivity contribution in [3.05, 3.63) is 59.1 Å². The van der Waals surface area contributed by atoms with Crippen molar-refractivity contribution in [2.75, 3.05) is 23.0 Å². The fourth-order valence-electron chi connectivity index (χ4n) is 2.71. The number of anilines is 4. The van der Waals surface area contributed by atoms with Gasteiger partial charge in [-0.2, -0.15) is 36.5 Å². The van der Waals surface area contributed by atoms with E-state index in [1.54, 1.807) is 24.3 Å². The van der Waals surface area contributed by atoms with E-state index in [4.69, 9.17) is 32.4 Å². The molecule has 12 nitrogen and oxygen atoms in total. The second kappa shape index (κ2) is 10.9. The van der Waals surface area contributed by atoms with E-state index in [0.717, 1.165) is 12.1 Å². The predicted molar refractivity (Wildman–Crippen MR) is 130 cm³/mol. The van der Waals surface area contributed by atoms with Crippen LogP contribution in [0.3, 0.4) is 0 Å². The molecule has 2 aromatic carbocycles. The second-order valence-electron chi connectivity index (χ2n) is 7.17. The molecular weight excluding hydrogens is 541 g/mol. The molecule has 37 heavy (non-hydrogen) atoms. The van der Waals surface area contributed by atoms with Gasteiger partial charge in [0.1, 0.15) is 11.6 Å². The van der Waals surface area contributed by atoms with Crippen molar-refractivity contribution < 1.29 is 30.9 Å². The maximum atomic E-state index is 13.0. The molecule has 4 aromatic rings. The van der Waals surface area contributed by atoms with Gasteiger partial charge in [0, 0.05) is 17.3 Å². The third-order valence-electron chi connectivity index (χ3n) is 4.10. The number of nitrogens with one attached hydrogen (secondary N) is 2. The lowest BCUT2D eigenvalue weighted by Crippen LogP contribution is -2.06. The molecule has 2 heterocycles. The van der Waals surface area contributed by atoms with Gasteiger partial charge >= 0.3 is 6.18 Å². The first kappa shape index (κ1) is 27.4. The summed E-state index contributed by atoms with van der Waals surface area (Å²) in [5.74, 6) is 1.29. The molecule has 196 valence electrons. The van der Waals surface area contributed by atoms with E-state index in [-0.39, 0.29) is 29.3 Å². The summed E-state index contributed by atoms with van der Waals surface area (Å²) in [6.07, 6.45) is -3.86. The Morgan fingerprint density at radius 3 is 2.30 bits per heavy atom. The molecule has 0 fully saturated rings. The molecule has 0 aliphatic carbocycles. The molecular formula is C20H18ClF3N8O4S.